The zero-order valence-electron chi connectivity index (χ0n) is 14.2. The van der Waals surface area contributed by atoms with Crippen LogP contribution in [0.3, 0.4) is 0 Å². The molecule has 0 aliphatic heterocycles. The molecular weight excluding hydrogens is 286 g/mol. The first-order valence-electron chi connectivity index (χ1n) is 8.23. The van der Waals surface area contributed by atoms with E-state index < -0.39 is 0 Å². The largest absolute Gasteiger partial charge is 0.340 e. The normalized spacial score (nSPS) is 10.4. The SMILES string of the molecule is CCCN(CCC)C(=O)c1ccnc(Nc2ccccc2C)c1. The van der Waals surface area contributed by atoms with Crippen molar-refractivity contribution < 1.29 is 4.79 Å². The number of benzene rings is 1. The number of nitrogens with one attached hydrogen (secondary N) is 1. The lowest BCUT2D eigenvalue weighted by atomic mass is 10.2. The highest BCUT2D eigenvalue weighted by atomic mass is 16.2. The Hall–Kier alpha value is -2.36. The third kappa shape index (κ3) is 4.55. The molecule has 1 amide bonds. The van der Waals surface area contributed by atoms with Crippen molar-refractivity contribution in [2.75, 3.05) is 18.4 Å². The molecule has 1 aromatic carbocycles. The van der Waals surface area contributed by atoms with Crippen molar-refractivity contribution in [2.45, 2.75) is 33.6 Å². The van der Waals surface area contributed by atoms with Gasteiger partial charge in [-0.05, 0) is 43.5 Å². The van der Waals surface area contributed by atoms with E-state index in [0.717, 1.165) is 37.2 Å². The molecule has 0 saturated heterocycles. The first-order chi connectivity index (χ1) is 11.2. The van der Waals surface area contributed by atoms with Crippen LogP contribution in [0.15, 0.2) is 42.6 Å². The van der Waals surface area contributed by atoms with E-state index in [1.54, 1.807) is 12.3 Å². The number of pyridine rings is 1. The summed E-state index contributed by atoms with van der Waals surface area (Å²) in [6.45, 7) is 7.80. The van der Waals surface area contributed by atoms with Crippen molar-refractivity contribution in [1.82, 2.24) is 9.88 Å². The Bertz CT molecular complexity index is 649. The lowest BCUT2D eigenvalue weighted by Gasteiger charge is -2.21. The Morgan fingerprint density at radius 2 is 1.83 bits per heavy atom. The minimum atomic E-state index is 0.0731. The molecule has 1 heterocycles. The van der Waals surface area contributed by atoms with Crippen LogP contribution < -0.4 is 5.32 Å². The van der Waals surface area contributed by atoms with E-state index in [4.69, 9.17) is 0 Å². The van der Waals surface area contributed by atoms with Crippen LogP contribution in [0.5, 0.6) is 0 Å². The van der Waals surface area contributed by atoms with Gasteiger partial charge in [0, 0.05) is 30.5 Å². The molecule has 0 atom stereocenters. The molecule has 2 rings (SSSR count). The summed E-state index contributed by atoms with van der Waals surface area (Å²) in [7, 11) is 0. The van der Waals surface area contributed by atoms with Gasteiger partial charge in [-0.25, -0.2) is 4.98 Å². The number of rotatable bonds is 7. The summed E-state index contributed by atoms with van der Waals surface area (Å²) in [4.78, 5) is 18.9. The van der Waals surface area contributed by atoms with Gasteiger partial charge in [-0.3, -0.25) is 4.79 Å². The molecule has 0 aliphatic carbocycles. The summed E-state index contributed by atoms with van der Waals surface area (Å²) in [5.41, 5.74) is 2.83. The second-order valence-corrected chi connectivity index (χ2v) is 5.66. The highest BCUT2D eigenvalue weighted by molar-refractivity contribution is 5.95. The van der Waals surface area contributed by atoms with Gasteiger partial charge in [0.25, 0.3) is 5.91 Å². The maximum Gasteiger partial charge on any atom is 0.254 e. The second kappa shape index (κ2) is 8.32. The monoisotopic (exact) mass is 311 g/mol. The lowest BCUT2D eigenvalue weighted by molar-refractivity contribution is 0.0755. The minimum absolute atomic E-state index is 0.0731. The summed E-state index contributed by atoms with van der Waals surface area (Å²) in [6.07, 6.45) is 3.61. The fraction of sp³-hybridized carbons (Fsp3) is 0.368. The molecule has 0 radical (unpaired) electrons. The predicted octanol–water partition coefficient (Wildman–Crippen LogP) is 4.40. The van der Waals surface area contributed by atoms with Crippen LogP contribution in [0.1, 0.15) is 42.6 Å². The van der Waals surface area contributed by atoms with Gasteiger partial charge in [0.2, 0.25) is 0 Å². The van der Waals surface area contributed by atoms with Crippen molar-refractivity contribution in [3.63, 3.8) is 0 Å². The number of para-hydroxylation sites is 1. The molecular formula is C19H25N3O. The van der Waals surface area contributed by atoms with E-state index in [0.29, 0.717) is 11.4 Å². The summed E-state index contributed by atoms with van der Waals surface area (Å²) < 4.78 is 0. The van der Waals surface area contributed by atoms with Crippen LogP contribution in [0.25, 0.3) is 0 Å². The van der Waals surface area contributed by atoms with Gasteiger partial charge in [-0.15, -0.1) is 0 Å². The number of aryl methyl sites for hydroxylation is 1. The van der Waals surface area contributed by atoms with Crippen molar-refractivity contribution >= 4 is 17.4 Å². The average Bonchev–Trinajstić information content (AvgIpc) is 2.56. The number of nitrogens with zero attached hydrogens (tertiary/aromatic N) is 2. The highest BCUT2D eigenvalue weighted by Gasteiger charge is 2.15. The molecule has 0 aliphatic rings. The zero-order chi connectivity index (χ0) is 16.7. The Morgan fingerprint density at radius 1 is 1.13 bits per heavy atom. The van der Waals surface area contributed by atoms with Crippen molar-refractivity contribution in [3.05, 3.63) is 53.7 Å². The van der Waals surface area contributed by atoms with Gasteiger partial charge in [0.1, 0.15) is 5.82 Å². The van der Waals surface area contributed by atoms with Crippen molar-refractivity contribution in [1.29, 1.82) is 0 Å². The number of hydrogen-bond donors (Lipinski definition) is 1. The molecule has 1 aromatic heterocycles. The molecule has 2 aromatic rings. The molecule has 0 saturated carbocycles. The lowest BCUT2D eigenvalue weighted by Crippen LogP contribution is -2.32. The number of carbonyl (C=O) groups excluding carboxylic acids is 1. The van der Waals surface area contributed by atoms with E-state index in [2.05, 4.69) is 24.1 Å². The van der Waals surface area contributed by atoms with Crippen LogP contribution in [0.4, 0.5) is 11.5 Å². The maximum absolute atomic E-state index is 12.7. The molecule has 0 spiro atoms. The molecule has 0 unspecified atom stereocenters. The Morgan fingerprint density at radius 3 is 2.48 bits per heavy atom. The van der Waals surface area contributed by atoms with Gasteiger partial charge in [0.15, 0.2) is 0 Å². The molecule has 122 valence electrons. The van der Waals surface area contributed by atoms with Crippen molar-refractivity contribution in [2.24, 2.45) is 0 Å². The maximum atomic E-state index is 12.7. The molecule has 1 N–H and O–H groups in total. The van der Waals surface area contributed by atoms with Gasteiger partial charge in [-0.1, -0.05) is 32.0 Å². The summed E-state index contributed by atoms with van der Waals surface area (Å²) in [5, 5.41) is 3.29. The Kier molecular flexibility index (Phi) is 6.15. The quantitative estimate of drug-likeness (QED) is 0.824. The fourth-order valence-corrected chi connectivity index (χ4v) is 2.52. The molecule has 4 nitrogen and oxygen atoms in total. The van der Waals surface area contributed by atoms with Gasteiger partial charge in [-0.2, -0.15) is 0 Å². The molecule has 23 heavy (non-hydrogen) atoms. The fourth-order valence-electron chi connectivity index (χ4n) is 2.52. The summed E-state index contributed by atoms with van der Waals surface area (Å²) in [5.74, 6) is 0.766. The predicted molar refractivity (Wildman–Crippen MR) is 95.2 cm³/mol. The van der Waals surface area contributed by atoms with Gasteiger partial charge < -0.3 is 10.2 Å². The van der Waals surface area contributed by atoms with E-state index in [9.17, 15) is 4.79 Å². The summed E-state index contributed by atoms with van der Waals surface area (Å²) in [6, 6.07) is 11.6. The van der Waals surface area contributed by atoms with Crippen LogP contribution in [0, 0.1) is 6.92 Å². The molecule has 0 fully saturated rings. The number of carbonyl (C=O) groups is 1. The number of aromatic nitrogens is 1. The smallest absolute Gasteiger partial charge is 0.254 e. The third-order valence-electron chi connectivity index (χ3n) is 3.69. The number of amides is 1. The Balaban J connectivity index is 2.18. The van der Waals surface area contributed by atoms with Gasteiger partial charge in [0.05, 0.1) is 0 Å². The minimum Gasteiger partial charge on any atom is -0.340 e. The standard InChI is InChI=1S/C19H25N3O/c1-4-12-22(13-5-2)19(23)16-10-11-20-18(14-16)21-17-9-7-6-8-15(17)3/h6-11,14H,4-5,12-13H2,1-3H3,(H,20,21). The average molecular weight is 311 g/mol. The first-order valence-corrected chi connectivity index (χ1v) is 8.23. The molecule has 4 heteroatoms. The zero-order valence-corrected chi connectivity index (χ0v) is 14.2. The Labute approximate surface area is 138 Å². The van der Waals surface area contributed by atoms with Crippen LogP contribution in [0.2, 0.25) is 0 Å². The van der Waals surface area contributed by atoms with E-state index >= 15 is 0 Å². The van der Waals surface area contributed by atoms with Crippen LogP contribution >= 0.6 is 0 Å². The second-order valence-electron chi connectivity index (χ2n) is 5.66. The van der Waals surface area contributed by atoms with E-state index in [1.807, 2.05) is 42.2 Å². The van der Waals surface area contributed by atoms with Crippen LogP contribution in [-0.4, -0.2) is 28.9 Å². The summed E-state index contributed by atoms with van der Waals surface area (Å²) >= 11 is 0. The topological polar surface area (TPSA) is 45.2 Å². The number of anilines is 2. The van der Waals surface area contributed by atoms with Crippen LogP contribution in [-0.2, 0) is 0 Å². The van der Waals surface area contributed by atoms with E-state index in [-0.39, 0.29) is 5.91 Å². The highest BCUT2D eigenvalue weighted by Crippen LogP contribution is 2.19. The van der Waals surface area contributed by atoms with Crippen molar-refractivity contribution in [3.8, 4) is 0 Å². The first kappa shape index (κ1) is 17.0. The number of hydrogen-bond acceptors (Lipinski definition) is 3. The van der Waals surface area contributed by atoms with Gasteiger partial charge >= 0.3 is 0 Å². The van der Waals surface area contributed by atoms with E-state index in [1.165, 1.54) is 0 Å². The molecule has 0 bridgehead atoms. The third-order valence-corrected chi connectivity index (χ3v) is 3.69.